The first-order valence-electron chi connectivity index (χ1n) is 8.91. The maximum Gasteiger partial charge on any atom is 0.150 e. The van der Waals surface area contributed by atoms with Crippen molar-refractivity contribution >= 4 is 0 Å². The first-order valence-corrected chi connectivity index (χ1v) is 8.91. The van der Waals surface area contributed by atoms with Crippen LogP contribution in [0.4, 0.5) is 0 Å². The van der Waals surface area contributed by atoms with Crippen molar-refractivity contribution in [3.63, 3.8) is 0 Å². The summed E-state index contributed by atoms with van der Waals surface area (Å²) in [7, 11) is 2.10. The Morgan fingerprint density at radius 1 is 1.22 bits per heavy atom. The second-order valence-corrected chi connectivity index (χ2v) is 6.86. The van der Waals surface area contributed by atoms with Crippen molar-refractivity contribution in [3.05, 3.63) is 35.0 Å². The molecule has 2 heterocycles. The van der Waals surface area contributed by atoms with Gasteiger partial charge in [0.25, 0.3) is 0 Å². The summed E-state index contributed by atoms with van der Waals surface area (Å²) < 4.78 is 5.55. The maximum absolute atomic E-state index is 5.55. The minimum atomic E-state index is 0.607. The average molecular weight is 316 g/mol. The average Bonchev–Trinajstić information content (AvgIpc) is 3.18. The lowest BCUT2D eigenvalue weighted by Crippen LogP contribution is -2.17. The van der Waals surface area contributed by atoms with Crippen LogP contribution >= 0.6 is 0 Å². The second-order valence-electron chi connectivity index (χ2n) is 6.86. The number of H-pyrrole nitrogens is 1. The monoisotopic (exact) mass is 316 g/mol. The zero-order valence-corrected chi connectivity index (χ0v) is 14.3. The van der Waals surface area contributed by atoms with Crippen molar-refractivity contribution < 1.29 is 4.52 Å². The number of aromatic nitrogens is 3. The van der Waals surface area contributed by atoms with Crippen molar-refractivity contribution in [2.24, 2.45) is 0 Å². The van der Waals surface area contributed by atoms with Gasteiger partial charge < -0.3 is 4.52 Å². The molecule has 2 aromatic rings. The van der Waals surface area contributed by atoms with Crippen LogP contribution in [0.1, 0.15) is 74.2 Å². The minimum absolute atomic E-state index is 0.607. The highest BCUT2D eigenvalue weighted by molar-refractivity contribution is 5.12. The fourth-order valence-electron chi connectivity index (χ4n) is 3.48. The molecular weight excluding hydrogens is 288 g/mol. The van der Waals surface area contributed by atoms with Crippen molar-refractivity contribution in [1.82, 2.24) is 20.3 Å². The van der Waals surface area contributed by atoms with Crippen molar-refractivity contribution in [2.45, 2.75) is 70.9 Å². The Morgan fingerprint density at radius 2 is 2.04 bits per heavy atom. The van der Waals surface area contributed by atoms with Crippen LogP contribution in [-0.2, 0) is 19.5 Å². The summed E-state index contributed by atoms with van der Waals surface area (Å²) in [4.78, 5) is 2.23. The molecule has 1 fully saturated rings. The van der Waals surface area contributed by atoms with Gasteiger partial charge in [0.1, 0.15) is 0 Å². The van der Waals surface area contributed by atoms with E-state index in [2.05, 4.69) is 46.4 Å². The molecule has 0 saturated heterocycles. The van der Waals surface area contributed by atoms with E-state index in [1.165, 1.54) is 32.1 Å². The van der Waals surface area contributed by atoms with Gasteiger partial charge in [-0.25, -0.2) is 0 Å². The molecule has 0 unspecified atom stereocenters. The molecule has 1 aliphatic rings. The quantitative estimate of drug-likeness (QED) is 0.838. The summed E-state index contributed by atoms with van der Waals surface area (Å²) in [6, 6.07) is 4.32. The number of aromatic amines is 1. The van der Waals surface area contributed by atoms with E-state index < -0.39 is 0 Å². The third-order valence-corrected chi connectivity index (χ3v) is 4.66. The third-order valence-electron chi connectivity index (χ3n) is 4.66. The number of rotatable bonds is 7. The highest BCUT2D eigenvalue weighted by Crippen LogP contribution is 2.32. The number of nitrogens with one attached hydrogen (secondary N) is 1. The van der Waals surface area contributed by atoms with Crippen molar-refractivity contribution in [1.29, 1.82) is 0 Å². The number of hydrogen-bond donors (Lipinski definition) is 1. The summed E-state index contributed by atoms with van der Waals surface area (Å²) >= 11 is 0. The first-order chi connectivity index (χ1) is 11.2. The zero-order valence-electron chi connectivity index (χ0n) is 14.3. The molecule has 0 aliphatic heterocycles. The Morgan fingerprint density at radius 3 is 2.83 bits per heavy atom. The van der Waals surface area contributed by atoms with Gasteiger partial charge in [0, 0.05) is 24.2 Å². The summed E-state index contributed by atoms with van der Waals surface area (Å²) in [6.07, 6.45) is 8.70. The fourth-order valence-corrected chi connectivity index (χ4v) is 3.48. The van der Waals surface area contributed by atoms with Crippen LogP contribution in [0.5, 0.6) is 0 Å². The highest BCUT2D eigenvalue weighted by atomic mass is 16.5. The summed E-state index contributed by atoms with van der Waals surface area (Å²) in [5, 5.41) is 11.8. The lowest BCUT2D eigenvalue weighted by atomic mass is 9.87. The van der Waals surface area contributed by atoms with Gasteiger partial charge in [0.15, 0.2) is 5.76 Å². The molecule has 0 aromatic carbocycles. The van der Waals surface area contributed by atoms with Crippen LogP contribution in [0.3, 0.4) is 0 Å². The van der Waals surface area contributed by atoms with Gasteiger partial charge in [-0.05, 0) is 32.4 Å². The molecule has 5 heteroatoms. The molecule has 1 aliphatic carbocycles. The van der Waals surface area contributed by atoms with Crippen LogP contribution in [0.2, 0.25) is 0 Å². The van der Waals surface area contributed by atoms with Gasteiger partial charge in [-0.1, -0.05) is 37.8 Å². The first kappa shape index (κ1) is 16.2. The molecule has 3 rings (SSSR count). The lowest BCUT2D eigenvalue weighted by Gasteiger charge is -2.18. The van der Waals surface area contributed by atoms with E-state index in [1.54, 1.807) is 0 Å². The number of nitrogens with zero attached hydrogens (tertiary/aromatic N) is 3. The van der Waals surface area contributed by atoms with E-state index in [4.69, 9.17) is 4.52 Å². The van der Waals surface area contributed by atoms with E-state index in [9.17, 15) is 0 Å². The zero-order chi connectivity index (χ0) is 16.1. The lowest BCUT2D eigenvalue weighted by molar-refractivity contribution is 0.262. The van der Waals surface area contributed by atoms with E-state index in [0.717, 1.165) is 48.8 Å². The summed E-state index contributed by atoms with van der Waals surface area (Å²) in [5.41, 5.74) is 3.46. The second kappa shape index (κ2) is 7.77. The predicted molar refractivity (Wildman–Crippen MR) is 90.1 cm³/mol. The topological polar surface area (TPSA) is 58.0 Å². The smallest absolute Gasteiger partial charge is 0.150 e. The molecule has 0 radical (unpaired) electrons. The molecule has 5 nitrogen and oxygen atoms in total. The predicted octanol–water partition coefficient (Wildman–Crippen LogP) is 4.03. The Balaban J connectivity index is 1.52. The van der Waals surface area contributed by atoms with Gasteiger partial charge in [-0.2, -0.15) is 5.10 Å². The van der Waals surface area contributed by atoms with Crippen LogP contribution < -0.4 is 0 Å². The molecular formula is C18H28N4O. The Labute approximate surface area is 138 Å². The molecule has 0 spiro atoms. The van der Waals surface area contributed by atoms with Gasteiger partial charge >= 0.3 is 0 Å². The fraction of sp³-hybridized carbons (Fsp3) is 0.667. The molecule has 126 valence electrons. The van der Waals surface area contributed by atoms with Crippen molar-refractivity contribution in [3.8, 4) is 0 Å². The SMILES string of the molecule is CCCc1cc(CN(C)Cc2cc(C3CCCCC3)no2)[nH]n1. The molecule has 0 atom stereocenters. The van der Waals surface area contributed by atoms with Crippen LogP contribution in [0.25, 0.3) is 0 Å². The summed E-state index contributed by atoms with van der Waals surface area (Å²) in [6.45, 7) is 3.80. The Hall–Kier alpha value is -1.62. The Bertz CT molecular complexity index is 598. The molecule has 23 heavy (non-hydrogen) atoms. The molecule has 0 bridgehead atoms. The summed E-state index contributed by atoms with van der Waals surface area (Å²) in [5.74, 6) is 1.57. The number of aryl methyl sites for hydroxylation is 1. The van der Waals surface area contributed by atoms with Gasteiger partial charge in [-0.15, -0.1) is 0 Å². The molecule has 1 N–H and O–H groups in total. The maximum atomic E-state index is 5.55. The van der Waals surface area contributed by atoms with Crippen LogP contribution in [-0.4, -0.2) is 27.3 Å². The minimum Gasteiger partial charge on any atom is -0.360 e. The number of hydrogen-bond acceptors (Lipinski definition) is 4. The van der Waals surface area contributed by atoms with E-state index in [1.807, 2.05) is 0 Å². The van der Waals surface area contributed by atoms with Crippen LogP contribution in [0.15, 0.2) is 16.7 Å². The normalized spacial score (nSPS) is 16.3. The molecule has 1 saturated carbocycles. The van der Waals surface area contributed by atoms with Gasteiger partial charge in [0.2, 0.25) is 0 Å². The molecule has 0 amide bonds. The van der Waals surface area contributed by atoms with Crippen molar-refractivity contribution in [2.75, 3.05) is 7.05 Å². The third kappa shape index (κ3) is 4.44. The Kier molecular flexibility index (Phi) is 5.49. The largest absolute Gasteiger partial charge is 0.360 e. The van der Waals surface area contributed by atoms with E-state index in [-0.39, 0.29) is 0 Å². The van der Waals surface area contributed by atoms with E-state index >= 15 is 0 Å². The highest BCUT2D eigenvalue weighted by Gasteiger charge is 2.19. The molecule has 2 aromatic heterocycles. The van der Waals surface area contributed by atoms with E-state index in [0.29, 0.717) is 5.92 Å². The standard InChI is InChI=1S/C18H28N4O/c1-3-7-15-10-16(20-19-15)12-22(2)13-17-11-18(21-23-17)14-8-5-4-6-9-14/h10-11,14H,3-9,12-13H2,1-2H3,(H,19,20). The van der Waals surface area contributed by atoms with Gasteiger partial charge in [-0.3, -0.25) is 10.00 Å². The van der Waals surface area contributed by atoms with Gasteiger partial charge in [0.05, 0.1) is 17.9 Å². The van der Waals surface area contributed by atoms with Crippen LogP contribution in [0, 0.1) is 0 Å².